The molecule has 0 radical (unpaired) electrons. The fraction of sp³-hybridized carbons (Fsp3) is 1.00. The number of rotatable bonds is 2. The summed E-state index contributed by atoms with van der Waals surface area (Å²) in [5, 5.41) is 0. The van der Waals surface area contributed by atoms with Gasteiger partial charge in [0.25, 0.3) is 0 Å². The van der Waals surface area contributed by atoms with Gasteiger partial charge in [0.05, 0.1) is 0 Å². The lowest BCUT2D eigenvalue weighted by Gasteiger charge is -2.52. The van der Waals surface area contributed by atoms with Gasteiger partial charge in [-0.05, 0) is 53.8 Å². The summed E-state index contributed by atoms with van der Waals surface area (Å²) in [4.78, 5) is 0. The maximum atomic E-state index is 2.60. The van der Waals surface area contributed by atoms with Crippen LogP contribution in [0.15, 0.2) is 0 Å². The highest BCUT2D eigenvalue weighted by atomic mass is 14.5. The average Bonchev–Trinajstić information content (AvgIpc) is 2.35. The Morgan fingerprint density at radius 2 is 1.00 bits per heavy atom. The Balaban J connectivity index is 2.15. The van der Waals surface area contributed by atoms with Gasteiger partial charge >= 0.3 is 0 Å². The first-order valence-corrected chi connectivity index (χ1v) is 8.85. The molecule has 0 aromatic rings. The topological polar surface area (TPSA) is 0 Å². The van der Waals surface area contributed by atoms with Gasteiger partial charge in [-0.25, -0.2) is 0 Å². The summed E-state index contributed by atoms with van der Waals surface area (Å²) in [5.41, 5.74) is 0.544. The highest BCUT2D eigenvalue weighted by molar-refractivity contribution is 4.95. The van der Waals surface area contributed by atoms with Crippen LogP contribution in [0.3, 0.4) is 0 Å². The van der Waals surface area contributed by atoms with E-state index in [1.54, 1.807) is 0 Å². The first-order valence-electron chi connectivity index (χ1n) is 8.85. The summed E-state index contributed by atoms with van der Waals surface area (Å²) in [6, 6.07) is 0. The van der Waals surface area contributed by atoms with E-state index >= 15 is 0 Å². The van der Waals surface area contributed by atoms with Crippen LogP contribution in [0.1, 0.15) is 80.1 Å². The van der Waals surface area contributed by atoms with Crippen LogP contribution in [0, 0.1) is 40.9 Å². The van der Waals surface area contributed by atoms with Crippen molar-refractivity contribution in [3.8, 4) is 0 Å². The lowest BCUT2D eigenvalue weighted by molar-refractivity contribution is -0.0279. The molecule has 0 saturated heterocycles. The maximum Gasteiger partial charge on any atom is -0.0292 e. The third-order valence-electron chi connectivity index (χ3n) is 7.32. The normalized spacial score (nSPS) is 45.2. The van der Waals surface area contributed by atoms with Gasteiger partial charge in [0.15, 0.2) is 0 Å². The van der Waals surface area contributed by atoms with Gasteiger partial charge in [0.1, 0.15) is 0 Å². The second kappa shape index (κ2) is 5.78. The zero-order valence-corrected chi connectivity index (χ0v) is 14.2. The molecule has 2 rings (SSSR count). The Kier molecular flexibility index (Phi) is 4.68. The third kappa shape index (κ3) is 2.88. The van der Waals surface area contributed by atoms with Gasteiger partial charge in [0, 0.05) is 0 Å². The SMILES string of the molecule is CC1CCCC(C(C)(C)C2CCCC(C)C2C)C1C. The first-order chi connectivity index (χ1) is 8.85. The van der Waals surface area contributed by atoms with Crippen LogP contribution in [0.5, 0.6) is 0 Å². The first kappa shape index (κ1) is 15.4. The molecule has 0 N–H and O–H groups in total. The standard InChI is InChI=1S/C19H36/c1-13-9-7-11-17(15(13)3)19(5,6)18-12-8-10-14(2)16(18)4/h13-18H,7-12H2,1-6H3. The fourth-order valence-corrected chi connectivity index (χ4v) is 5.54. The van der Waals surface area contributed by atoms with Gasteiger partial charge in [0.2, 0.25) is 0 Å². The fourth-order valence-electron chi connectivity index (χ4n) is 5.54. The Bertz CT molecular complexity index is 262. The van der Waals surface area contributed by atoms with Crippen LogP contribution < -0.4 is 0 Å². The summed E-state index contributed by atoms with van der Waals surface area (Å²) >= 11 is 0. The lowest BCUT2D eigenvalue weighted by Crippen LogP contribution is -2.44. The van der Waals surface area contributed by atoms with Gasteiger partial charge in [-0.2, -0.15) is 0 Å². The molecule has 2 saturated carbocycles. The van der Waals surface area contributed by atoms with E-state index in [9.17, 15) is 0 Å². The van der Waals surface area contributed by atoms with E-state index in [0.717, 1.165) is 35.5 Å². The minimum absolute atomic E-state index is 0.544. The van der Waals surface area contributed by atoms with Crippen molar-refractivity contribution in [2.45, 2.75) is 80.1 Å². The van der Waals surface area contributed by atoms with Crippen molar-refractivity contribution in [2.75, 3.05) is 0 Å². The van der Waals surface area contributed by atoms with Crippen LogP contribution in [0.25, 0.3) is 0 Å². The van der Waals surface area contributed by atoms with Crippen molar-refractivity contribution in [3.63, 3.8) is 0 Å². The molecule has 112 valence electrons. The van der Waals surface area contributed by atoms with Gasteiger partial charge in [-0.1, -0.05) is 67.2 Å². The molecule has 0 aromatic heterocycles. The highest BCUT2D eigenvalue weighted by Gasteiger charge is 2.45. The zero-order chi connectivity index (χ0) is 14.2. The molecule has 0 spiro atoms. The lowest BCUT2D eigenvalue weighted by atomic mass is 9.53. The van der Waals surface area contributed by atoms with E-state index in [4.69, 9.17) is 0 Å². The average molecular weight is 264 g/mol. The molecule has 2 fully saturated rings. The van der Waals surface area contributed by atoms with Crippen LogP contribution in [-0.2, 0) is 0 Å². The molecule has 0 amide bonds. The Morgan fingerprint density at radius 1 is 0.632 bits per heavy atom. The predicted octanol–water partition coefficient (Wildman–Crippen LogP) is 6.16. The molecule has 2 aliphatic rings. The van der Waals surface area contributed by atoms with Crippen LogP contribution >= 0.6 is 0 Å². The predicted molar refractivity (Wildman–Crippen MR) is 85.1 cm³/mol. The van der Waals surface area contributed by atoms with E-state index in [0.29, 0.717) is 5.41 Å². The Hall–Kier alpha value is 0. The van der Waals surface area contributed by atoms with Crippen molar-refractivity contribution < 1.29 is 0 Å². The smallest absolute Gasteiger partial charge is 0.0292 e. The third-order valence-corrected chi connectivity index (χ3v) is 7.32. The monoisotopic (exact) mass is 264 g/mol. The largest absolute Gasteiger partial charge is 0.0622 e. The van der Waals surface area contributed by atoms with E-state index < -0.39 is 0 Å². The molecule has 0 bridgehead atoms. The Labute approximate surface area is 121 Å². The number of hydrogen-bond donors (Lipinski definition) is 0. The summed E-state index contributed by atoms with van der Waals surface area (Å²) in [7, 11) is 0. The van der Waals surface area contributed by atoms with Crippen molar-refractivity contribution in [2.24, 2.45) is 40.9 Å². The molecule has 0 heteroatoms. The minimum atomic E-state index is 0.544. The Morgan fingerprint density at radius 3 is 1.37 bits per heavy atom. The molecule has 0 heterocycles. The maximum absolute atomic E-state index is 2.60. The van der Waals surface area contributed by atoms with Crippen molar-refractivity contribution >= 4 is 0 Å². The highest BCUT2D eigenvalue weighted by Crippen LogP contribution is 2.53. The van der Waals surface area contributed by atoms with E-state index in [1.165, 1.54) is 38.5 Å². The van der Waals surface area contributed by atoms with Crippen molar-refractivity contribution in [3.05, 3.63) is 0 Å². The summed E-state index contributed by atoms with van der Waals surface area (Å²) in [5.74, 6) is 5.63. The summed E-state index contributed by atoms with van der Waals surface area (Å²) < 4.78 is 0. The van der Waals surface area contributed by atoms with Gasteiger partial charge in [-0.15, -0.1) is 0 Å². The molecule has 0 nitrogen and oxygen atoms in total. The van der Waals surface area contributed by atoms with Gasteiger partial charge in [-0.3, -0.25) is 0 Å². The molecule has 6 atom stereocenters. The minimum Gasteiger partial charge on any atom is -0.0622 e. The van der Waals surface area contributed by atoms with Gasteiger partial charge < -0.3 is 0 Å². The molecule has 6 unspecified atom stereocenters. The second-order valence-electron chi connectivity index (χ2n) is 8.57. The molecule has 0 aromatic carbocycles. The molecular weight excluding hydrogens is 228 g/mol. The van der Waals surface area contributed by atoms with Crippen LogP contribution in [-0.4, -0.2) is 0 Å². The molecule has 0 aliphatic heterocycles. The molecular formula is C19H36. The summed E-state index contributed by atoms with van der Waals surface area (Å²) in [6.07, 6.45) is 8.83. The van der Waals surface area contributed by atoms with E-state index in [-0.39, 0.29) is 0 Å². The van der Waals surface area contributed by atoms with Crippen molar-refractivity contribution in [1.29, 1.82) is 0 Å². The molecule has 2 aliphatic carbocycles. The zero-order valence-electron chi connectivity index (χ0n) is 14.2. The van der Waals surface area contributed by atoms with Crippen LogP contribution in [0.4, 0.5) is 0 Å². The van der Waals surface area contributed by atoms with E-state index in [2.05, 4.69) is 41.5 Å². The van der Waals surface area contributed by atoms with Crippen LogP contribution in [0.2, 0.25) is 0 Å². The molecule has 19 heavy (non-hydrogen) atoms. The van der Waals surface area contributed by atoms with Crippen molar-refractivity contribution in [1.82, 2.24) is 0 Å². The van der Waals surface area contributed by atoms with E-state index in [1.807, 2.05) is 0 Å². The second-order valence-corrected chi connectivity index (χ2v) is 8.57. The summed E-state index contributed by atoms with van der Waals surface area (Å²) in [6.45, 7) is 15.2. The number of hydrogen-bond acceptors (Lipinski definition) is 0. The quantitative estimate of drug-likeness (QED) is 0.560.